The van der Waals surface area contributed by atoms with E-state index in [1.54, 1.807) is 13.0 Å². The molecule has 15 heavy (non-hydrogen) atoms. The van der Waals surface area contributed by atoms with Crippen LogP contribution in [0, 0.1) is 0 Å². The Hall–Kier alpha value is -1.16. The molecule has 0 aliphatic heterocycles. The summed E-state index contributed by atoms with van der Waals surface area (Å²) in [6.07, 6.45) is 2.78. The van der Waals surface area contributed by atoms with Crippen molar-refractivity contribution in [2.45, 2.75) is 26.2 Å². The van der Waals surface area contributed by atoms with Gasteiger partial charge in [-0.3, -0.25) is 9.59 Å². The van der Waals surface area contributed by atoms with E-state index >= 15 is 0 Å². The molecule has 0 unspecified atom stereocenters. The SMILES string of the molecule is C=CCCOCC(=O)CCC(=O)OCC. The van der Waals surface area contributed by atoms with Crippen molar-refractivity contribution in [2.24, 2.45) is 0 Å². The van der Waals surface area contributed by atoms with Gasteiger partial charge in [0.1, 0.15) is 6.61 Å². The first-order valence-corrected chi connectivity index (χ1v) is 5.06. The minimum absolute atomic E-state index is 0.0627. The number of ether oxygens (including phenoxy) is 2. The van der Waals surface area contributed by atoms with Crippen LogP contribution in [0.3, 0.4) is 0 Å². The first kappa shape index (κ1) is 13.8. The highest BCUT2D eigenvalue weighted by atomic mass is 16.5. The lowest BCUT2D eigenvalue weighted by molar-refractivity contribution is -0.144. The maximum Gasteiger partial charge on any atom is 0.306 e. The molecule has 0 aromatic carbocycles. The first-order valence-electron chi connectivity index (χ1n) is 5.06. The molecule has 0 aromatic heterocycles. The van der Waals surface area contributed by atoms with Gasteiger partial charge in [-0.25, -0.2) is 0 Å². The maximum atomic E-state index is 11.2. The summed E-state index contributed by atoms with van der Waals surface area (Å²) in [5.41, 5.74) is 0. The van der Waals surface area contributed by atoms with Crippen LogP contribution in [-0.2, 0) is 19.1 Å². The quantitative estimate of drug-likeness (QED) is 0.331. The second-order valence-electron chi connectivity index (χ2n) is 2.97. The molecule has 0 heterocycles. The number of Topliss-reactive ketones (excluding diaryl/α,β-unsaturated/α-hetero) is 1. The Kier molecular flexibility index (Phi) is 8.67. The fourth-order valence-corrected chi connectivity index (χ4v) is 0.899. The van der Waals surface area contributed by atoms with Gasteiger partial charge in [-0.2, -0.15) is 0 Å². The minimum atomic E-state index is -0.336. The zero-order valence-electron chi connectivity index (χ0n) is 9.16. The van der Waals surface area contributed by atoms with Gasteiger partial charge in [0, 0.05) is 6.42 Å². The number of ketones is 1. The molecule has 0 spiro atoms. The second-order valence-corrected chi connectivity index (χ2v) is 2.97. The van der Waals surface area contributed by atoms with Gasteiger partial charge in [0.05, 0.1) is 19.6 Å². The highest BCUT2D eigenvalue weighted by molar-refractivity contribution is 5.83. The van der Waals surface area contributed by atoms with Crippen molar-refractivity contribution < 1.29 is 19.1 Å². The van der Waals surface area contributed by atoms with Crippen LogP contribution >= 0.6 is 0 Å². The Morgan fingerprint density at radius 1 is 1.33 bits per heavy atom. The smallest absolute Gasteiger partial charge is 0.306 e. The molecule has 0 N–H and O–H groups in total. The van der Waals surface area contributed by atoms with Gasteiger partial charge in [-0.05, 0) is 13.3 Å². The van der Waals surface area contributed by atoms with Crippen molar-refractivity contribution in [3.8, 4) is 0 Å². The van der Waals surface area contributed by atoms with Crippen molar-refractivity contribution in [3.63, 3.8) is 0 Å². The number of hydrogen-bond acceptors (Lipinski definition) is 4. The Bertz CT molecular complexity index is 211. The Balaban J connectivity index is 3.40. The molecule has 0 aromatic rings. The van der Waals surface area contributed by atoms with Crippen LogP contribution in [0.2, 0.25) is 0 Å². The van der Waals surface area contributed by atoms with Crippen LogP contribution in [0.15, 0.2) is 12.7 Å². The largest absolute Gasteiger partial charge is 0.466 e. The predicted molar refractivity (Wildman–Crippen MR) is 56.5 cm³/mol. The van der Waals surface area contributed by atoms with Crippen molar-refractivity contribution in [3.05, 3.63) is 12.7 Å². The lowest BCUT2D eigenvalue weighted by Crippen LogP contribution is -2.12. The average molecular weight is 214 g/mol. The van der Waals surface area contributed by atoms with E-state index in [-0.39, 0.29) is 31.2 Å². The van der Waals surface area contributed by atoms with Crippen molar-refractivity contribution in [1.29, 1.82) is 0 Å². The lowest BCUT2D eigenvalue weighted by atomic mass is 10.2. The molecule has 4 nitrogen and oxygen atoms in total. The molecule has 86 valence electrons. The standard InChI is InChI=1S/C11H18O4/c1-3-5-8-14-9-10(12)6-7-11(13)15-4-2/h3H,1,4-9H2,2H3. The number of rotatable bonds is 9. The average Bonchev–Trinajstić information content (AvgIpc) is 2.22. The van der Waals surface area contributed by atoms with Gasteiger partial charge in [0.2, 0.25) is 0 Å². The molecule has 0 fully saturated rings. The predicted octanol–water partition coefficient (Wildman–Crippen LogP) is 1.49. The fraction of sp³-hybridized carbons (Fsp3) is 0.636. The van der Waals surface area contributed by atoms with Gasteiger partial charge < -0.3 is 9.47 Å². The third-order valence-corrected chi connectivity index (χ3v) is 1.64. The normalized spacial score (nSPS) is 9.67. The Labute approximate surface area is 90.2 Å². The summed E-state index contributed by atoms with van der Waals surface area (Å²) in [5, 5.41) is 0. The van der Waals surface area contributed by atoms with Crippen molar-refractivity contribution in [1.82, 2.24) is 0 Å². The molecule has 0 saturated heterocycles. The summed E-state index contributed by atoms with van der Waals surface area (Å²) in [5.74, 6) is -0.413. The van der Waals surface area contributed by atoms with Gasteiger partial charge in [0.25, 0.3) is 0 Å². The van der Waals surface area contributed by atoms with E-state index < -0.39 is 0 Å². The number of carbonyl (C=O) groups is 2. The number of hydrogen-bond donors (Lipinski definition) is 0. The highest BCUT2D eigenvalue weighted by Crippen LogP contribution is 1.95. The van der Waals surface area contributed by atoms with Gasteiger partial charge in [-0.15, -0.1) is 6.58 Å². The monoisotopic (exact) mass is 214 g/mol. The highest BCUT2D eigenvalue weighted by Gasteiger charge is 2.07. The number of esters is 1. The summed E-state index contributed by atoms with van der Waals surface area (Å²) in [7, 11) is 0. The van der Waals surface area contributed by atoms with E-state index in [1.165, 1.54) is 0 Å². The lowest BCUT2D eigenvalue weighted by Gasteiger charge is -2.02. The van der Waals surface area contributed by atoms with Crippen LogP contribution in [0.5, 0.6) is 0 Å². The van der Waals surface area contributed by atoms with Crippen LogP contribution in [0.25, 0.3) is 0 Å². The summed E-state index contributed by atoms with van der Waals surface area (Å²) in [6.45, 7) is 6.17. The Morgan fingerprint density at radius 2 is 2.07 bits per heavy atom. The number of carbonyl (C=O) groups excluding carboxylic acids is 2. The summed E-state index contributed by atoms with van der Waals surface area (Å²) < 4.78 is 9.75. The second kappa shape index (κ2) is 9.40. The van der Waals surface area contributed by atoms with E-state index in [2.05, 4.69) is 6.58 Å². The molecule has 0 saturated carbocycles. The van der Waals surface area contributed by atoms with Crippen LogP contribution < -0.4 is 0 Å². The van der Waals surface area contributed by atoms with E-state index in [0.29, 0.717) is 13.2 Å². The molecule has 0 bridgehead atoms. The topological polar surface area (TPSA) is 52.6 Å². The molecule has 0 rings (SSSR count). The first-order chi connectivity index (χ1) is 7.20. The molecule has 0 radical (unpaired) electrons. The summed E-state index contributed by atoms with van der Waals surface area (Å²) in [4.78, 5) is 22.1. The van der Waals surface area contributed by atoms with Crippen LogP contribution in [-0.4, -0.2) is 31.6 Å². The zero-order chi connectivity index (χ0) is 11.5. The zero-order valence-corrected chi connectivity index (χ0v) is 9.16. The third-order valence-electron chi connectivity index (χ3n) is 1.64. The summed E-state index contributed by atoms with van der Waals surface area (Å²) in [6, 6.07) is 0. The fourth-order valence-electron chi connectivity index (χ4n) is 0.899. The van der Waals surface area contributed by atoms with E-state index in [4.69, 9.17) is 9.47 Å². The van der Waals surface area contributed by atoms with Gasteiger partial charge in [-0.1, -0.05) is 6.08 Å². The van der Waals surface area contributed by atoms with Gasteiger partial charge >= 0.3 is 5.97 Å². The van der Waals surface area contributed by atoms with E-state index in [0.717, 1.165) is 6.42 Å². The van der Waals surface area contributed by atoms with Crippen molar-refractivity contribution >= 4 is 11.8 Å². The molecule has 0 amide bonds. The minimum Gasteiger partial charge on any atom is -0.466 e. The third kappa shape index (κ3) is 9.15. The molecular weight excluding hydrogens is 196 g/mol. The van der Waals surface area contributed by atoms with E-state index in [9.17, 15) is 9.59 Å². The molecule has 4 heteroatoms. The molecular formula is C11H18O4. The molecule has 0 atom stereocenters. The van der Waals surface area contributed by atoms with Crippen LogP contribution in [0.1, 0.15) is 26.2 Å². The van der Waals surface area contributed by atoms with Gasteiger partial charge in [0.15, 0.2) is 5.78 Å². The maximum absolute atomic E-state index is 11.2. The summed E-state index contributed by atoms with van der Waals surface area (Å²) >= 11 is 0. The van der Waals surface area contributed by atoms with Crippen LogP contribution in [0.4, 0.5) is 0 Å². The van der Waals surface area contributed by atoms with E-state index in [1.807, 2.05) is 0 Å². The van der Waals surface area contributed by atoms with Crippen molar-refractivity contribution in [2.75, 3.05) is 19.8 Å². The Morgan fingerprint density at radius 3 is 2.67 bits per heavy atom. The molecule has 0 aliphatic carbocycles. The molecule has 0 aliphatic rings.